The van der Waals surface area contributed by atoms with Crippen molar-refractivity contribution < 1.29 is 17.9 Å². The Hall–Kier alpha value is -3.36. The van der Waals surface area contributed by atoms with Crippen LogP contribution in [0.5, 0.6) is 5.75 Å². The van der Waals surface area contributed by atoms with Crippen LogP contribution < -0.4 is 14.5 Å². The number of hydrazone groups is 1. The van der Waals surface area contributed by atoms with Crippen molar-refractivity contribution in [3.63, 3.8) is 0 Å². The number of halogens is 1. The van der Waals surface area contributed by atoms with E-state index in [-0.39, 0.29) is 16.3 Å². The third kappa shape index (κ3) is 5.46. The van der Waals surface area contributed by atoms with Crippen LogP contribution in [0, 0.1) is 0 Å². The zero-order valence-electron chi connectivity index (χ0n) is 17.5. The number of ether oxygens (including phenoxy) is 1. The van der Waals surface area contributed by atoms with E-state index in [1.165, 1.54) is 25.3 Å². The first-order valence-corrected chi connectivity index (χ1v) is 11.4. The SMILES string of the molecule is COc1ccc(Cl)cc1N(CC(=O)N/N=C(/C)c1ccccc1)S(=O)(=O)c1ccccc1. The van der Waals surface area contributed by atoms with Gasteiger partial charge in [0.15, 0.2) is 0 Å². The minimum atomic E-state index is -4.10. The number of carbonyl (C=O) groups excluding carboxylic acids is 1. The number of nitrogens with one attached hydrogen (secondary N) is 1. The van der Waals surface area contributed by atoms with Crippen LogP contribution in [0.25, 0.3) is 0 Å². The summed E-state index contributed by atoms with van der Waals surface area (Å²) in [4.78, 5) is 12.8. The van der Waals surface area contributed by atoms with Crippen LogP contribution in [0.4, 0.5) is 5.69 Å². The van der Waals surface area contributed by atoms with E-state index in [2.05, 4.69) is 10.5 Å². The van der Waals surface area contributed by atoms with Crippen LogP contribution in [0.15, 0.2) is 88.9 Å². The number of nitrogens with zero attached hydrogens (tertiary/aromatic N) is 2. The van der Waals surface area contributed by atoms with Crippen LogP contribution in [0.1, 0.15) is 12.5 Å². The van der Waals surface area contributed by atoms with Gasteiger partial charge >= 0.3 is 0 Å². The Kier molecular flexibility index (Phi) is 7.50. The quantitative estimate of drug-likeness (QED) is 0.396. The number of amides is 1. The molecule has 3 aromatic carbocycles. The molecule has 166 valence electrons. The standard InChI is InChI=1S/C23H22ClN3O4S/c1-17(18-9-5-3-6-10-18)25-26-23(28)16-27(21-15-19(24)13-14-22(21)31-2)32(29,30)20-11-7-4-8-12-20/h3-15H,16H2,1-2H3,(H,26,28)/b25-17-. The molecular weight excluding hydrogens is 450 g/mol. The van der Waals surface area contributed by atoms with Crippen molar-refractivity contribution in [2.45, 2.75) is 11.8 Å². The van der Waals surface area contributed by atoms with Gasteiger partial charge in [-0.3, -0.25) is 9.10 Å². The monoisotopic (exact) mass is 471 g/mol. The lowest BCUT2D eigenvalue weighted by Gasteiger charge is -2.25. The molecule has 0 spiro atoms. The lowest BCUT2D eigenvalue weighted by Crippen LogP contribution is -2.40. The minimum Gasteiger partial charge on any atom is -0.495 e. The number of hydrogen-bond donors (Lipinski definition) is 1. The molecule has 9 heteroatoms. The zero-order chi connectivity index (χ0) is 23.1. The number of rotatable bonds is 8. The molecule has 0 aliphatic carbocycles. The van der Waals surface area contributed by atoms with Gasteiger partial charge in [-0.15, -0.1) is 0 Å². The number of carbonyl (C=O) groups is 1. The molecule has 0 saturated heterocycles. The van der Waals surface area contributed by atoms with Gasteiger partial charge in [0.1, 0.15) is 12.3 Å². The Balaban J connectivity index is 1.95. The van der Waals surface area contributed by atoms with Gasteiger partial charge in [0.25, 0.3) is 15.9 Å². The van der Waals surface area contributed by atoms with Gasteiger partial charge in [-0.25, -0.2) is 13.8 Å². The Morgan fingerprint density at radius 1 is 1.03 bits per heavy atom. The summed E-state index contributed by atoms with van der Waals surface area (Å²) in [6.07, 6.45) is 0. The normalized spacial score (nSPS) is 11.7. The molecule has 3 rings (SSSR count). The molecule has 0 saturated carbocycles. The molecule has 7 nitrogen and oxygen atoms in total. The third-order valence-electron chi connectivity index (χ3n) is 4.57. The number of benzene rings is 3. The summed E-state index contributed by atoms with van der Waals surface area (Å²) in [5.74, 6) is -0.368. The molecule has 0 bridgehead atoms. The molecule has 0 aliphatic heterocycles. The van der Waals surface area contributed by atoms with Crippen molar-refractivity contribution in [2.24, 2.45) is 5.10 Å². The topological polar surface area (TPSA) is 88.1 Å². The first kappa shape index (κ1) is 23.3. The van der Waals surface area contributed by atoms with E-state index in [0.29, 0.717) is 10.7 Å². The fraction of sp³-hybridized carbons (Fsp3) is 0.130. The van der Waals surface area contributed by atoms with Gasteiger partial charge in [-0.2, -0.15) is 5.10 Å². The van der Waals surface area contributed by atoms with E-state index in [1.807, 2.05) is 30.3 Å². The predicted molar refractivity (Wildman–Crippen MR) is 126 cm³/mol. The highest BCUT2D eigenvalue weighted by Crippen LogP contribution is 2.34. The van der Waals surface area contributed by atoms with Gasteiger partial charge in [-0.1, -0.05) is 60.1 Å². The minimum absolute atomic E-state index is 0.0267. The van der Waals surface area contributed by atoms with Gasteiger partial charge in [0.05, 0.1) is 23.4 Å². The summed E-state index contributed by atoms with van der Waals surface area (Å²) in [6, 6.07) is 21.7. The number of sulfonamides is 1. The van der Waals surface area contributed by atoms with Crippen molar-refractivity contribution >= 4 is 38.9 Å². The van der Waals surface area contributed by atoms with E-state index < -0.39 is 22.5 Å². The Morgan fingerprint density at radius 3 is 2.28 bits per heavy atom. The van der Waals surface area contributed by atoms with E-state index in [4.69, 9.17) is 16.3 Å². The lowest BCUT2D eigenvalue weighted by atomic mass is 10.1. The van der Waals surface area contributed by atoms with Crippen LogP contribution in [-0.4, -0.2) is 33.7 Å². The Labute approximate surface area is 192 Å². The molecule has 0 unspecified atom stereocenters. The van der Waals surface area contributed by atoms with Crippen LogP contribution >= 0.6 is 11.6 Å². The fourth-order valence-electron chi connectivity index (χ4n) is 2.93. The average molecular weight is 472 g/mol. The summed E-state index contributed by atoms with van der Waals surface area (Å²) in [5, 5.41) is 4.39. The second-order valence-corrected chi connectivity index (χ2v) is 9.04. The van der Waals surface area contributed by atoms with E-state index in [9.17, 15) is 13.2 Å². The smallest absolute Gasteiger partial charge is 0.264 e. The van der Waals surface area contributed by atoms with Crippen LogP contribution in [0.2, 0.25) is 5.02 Å². The third-order valence-corrected chi connectivity index (χ3v) is 6.58. The molecule has 1 amide bonds. The number of methoxy groups -OCH3 is 1. The van der Waals surface area contributed by atoms with Crippen molar-refractivity contribution in [2.75, 3.05) is 18.0 Å². The molecule has 0 aliphatic rings. The predicted octanol–water partition coefficient (Wildman–Crippen LogP) is 4.08. The molecule has 0 fully saturated rings. The highest BCUT2D eigenvalue weighted by Gasteiger charge is 2.29. The molecule has 3 aromatic rings. The van der Waals surface area contributed by atoms with Crippen molar-refractivity contribution in [1.82, 2.24) is 5.43 Å². The number of anilines is 1. The molecular formula is C23H22ClN3O4S. The van der Waals surface area contributed by atoms with Crippen LogP contribution in [-0.2, 0) is 14.8 Å². The first-order valence-electron chi connectivity index (χ1n) is 9.63. The molecule has 0 radical (unpaired) electrons. The van der Waals surface area contributed by atoms with Crippen molar-refractivity contribution in [1.29, 1.82) is 0 Å². The second-order valence-electron chi connectivity index (χ2n) is 6.74. The van der Waals surface area contributed by atoms with Gasteiger partial charge in [-0.05, 0) is 42.8 Å². The summed E-state index contributed by atoms with van der Waals surface area (Å²) in [6.45, 7) is 1.22. The average Bonchev–Trinajstić information content (AvgIpc) is 2.82. The molecule has 0 aromatic heterocycles. The van der Waals surface area contributed by atoms with E-state index >= 15 is 0 Å². The van der Waals surface area contributed by atoms with Gasteiger partial charge in [0.2, 0.25) is 0 Å². The maximum Gasteiger partial charge on any atom is 0.264 e. The highest BCUT2D eigenvalue weighted by atomic mass is 35.5. The van der Waals surface area contributed by atoms with E-state index in [0.717, 1.165) is 9.87 Å². The van der Waals surface area contributed by atoms with Crippen molar-refractivity contribution in [3.8, 4) is 5.75 Å². The summed E-state index contributed by atoms with van der Waals surface area (Å²) in [7, 11) is -2.69. The summed E-state index contributed by atoms with van der Waals surface area (Å²) < 4.78 is 33.1. The number of hydrogen-bond acceptors (Lipinski definition) is 5. The van der Waals surface area contributed by atoms with Gasteiger partial charge in [0, 0.05) is 5.02 Å². The molecule has 1 N–H and O–H groups in total. The van der Waals surface area contributed by atoms with Crippen LogP contribution in [0.3, 0.4) is 0 Å². The van der Waals surface area contributed by atoms with E-state index in [1.54, 1.807) is 37.3 Å². The fourth-order valence-corrected chi connectivity index (χ4v) is 4.54. The van der Waals surface area contributed by atoms with Crippen molar-refractivity contribution in [3.05, 3.63) is 89.4 Å². The molecule has 32 heavy (non-hydrogen) atoms. The molecule has 0 heterocycles. The second kappa shape index (κ2) is 10.3. The Morgan fingerprint density at radius 2 is 1.66 bits per heavy atom. The van der Waals surface area contributed by atoms with Gasteiger partial charge < -0.3 is 4.74 Å². The summed E-state index contributed by atoms with van der Waals surface area (Å²) in [5.41, 5.74) is 3.98. The lowest BCUT2D eigenvalue weighted by molar-refractivity contribution is -0.119. The highest BCUT2D eigenvalue weighted by molar-refractivity contribution is 7.92. The Bertz CT molecular complexity index is 1220. The molecule has 0 atom stereocenters. The largest absolute Gasteiger partial charge is 0.495 e. The maximum atomic E-state index is 13.4. The summed E-state index contributed by atoms with van der Waals surface area (Å²) >= 11 is 6.12. The first-order chi connectivity index (χ1) is 15.3. The zero-order valence-corrected chi connectivity index (χ0v) is 19.1. The maximum absolute atomic E-state index is 13.4.